The lowest BCUT2D eigenvalue weighted by Gasteiger charge is -2.27. The van der Waals surface area contributed by atoms with Crippen molar-refractivity contribution in [1.29, 1.82) is 0 Å². The van der Waals surface area contributed by atoms with Gasteiger partial charge in [-0.25, -0.2) is 0 Å². The van der Waals surface area contributed by atoms with Crippen molar-refractivity contribution in [3.05, 3.63) is 71.8 Å². The van der Waals surface area contributed by atoms with E-state index in [4.69, 9.17) is 0 Å². The van der Waals surface area contributed by atoms with E-state index in [1.807, 2.05) is 12.1 Å². The van der Waals surface area contributed by atoms with Crippen molar-refractivity contribution >= 4 is 18.3 Å². The van der Waals surface area contributed by atoms with Gasteiger partial charge in [0, 0.05) is 17.9 Å². The molecule has 1 saturated carbocycles. The Balaban J connectivity index is 0.00000210. The third-order valence-corrected chi connectivity index (χ3v) is 6.29. The number of nitrogens with one attached hydrogen (secondary N) is 2. The van der Waals surface area contributed by atoms with Gasteiger partial charge in [-0.15, -0.1) is 12.4 Å². The van der Waals surface area contributed by atoms with Gasteiger partial charge >= 0.3 is 0 Å². The van der Waals surface area contributed by atoms with Crippen molar-refractivity contribution in [2.45, 2.75) is 38.1 Å². The predicted molar refractivity (Wildman–Crippen MR) is 112 cm³/mol. The quantitative estimate of drug-likeness (QED) is 0.813. The van der Waals surface area contributed by atoms with Crippen LogP contribution in [0.5, 0.6) is 0 Å². The average Bonchev–Trinajstić information content (AvgIpc) is 3.37. The molecule has 2 N–H and O–H groups in total. The molecule has 1 heterocycles. The first-order valence-corrected chi connectivity index (χ1v) is 9.81. The van der Waals surface area contributed by atoms with E-state index < -0.39 is 0 Å². The van der Waals surface area contributed by atoms with Crippen LogP contribution in [-0.4, -0.2) is 25.0 Å². The molecule has 1 aliphatic heterocycles. The Kier molecular flexibility index (Phi) is 6.23. The van der Waals surface area contributed by atoms with Crippen LogP contribution in [0.15, 0.2) is 60.7 Å². The maximum absolute atomic E-state index is 12.9. The molecule has 2 aliphatic rings. The number of carbonyl (C=O) groups excluding carboxylic acids is 1. The molecule has 0 radical (unpaired) electrons. The molecule has 3 nitrogen and oxygen atoms in total. The first-order chi connectivity index (χ1) is 12.7. The van der Waals surface area contributed by atoms with Crippen LogP contribution in [0.1, 0.15) is 43.2 Å². The van der Waals surface area contributed by atoms with Crippen molar-refractivity contribution in [3.8, 4) is 0 Å². The van der Waals surface area contributed by atoms with Gasteiger partial charge in [-0.05, 0) is 55.8 Å². The van der Waals surface area contributed by atoms with Crippen LogP contribution in [0.3, 0.4) is 0 Å². The van der Waals surface area contributed by atoms with Crippen molar-refractivity contribution in [2.75, 3.05) is 13.1 Å². The molecule has 144 valence electrons. The lowest BCUT2D eigenvalue weighted by Crippen LogP contribution is -2.40. The summed E-state index contributed by atoms with van der Waals surface area (Å²) >= 11 is 0. The van der Waals surface area contributed by atoms with Gasteiger partial charge in [-0.3, -0.25) is 4.79 Å². The minimum atomic E-state index is 0. The van der Waals surface area contributed by atoms with Crippen molar-refractivity contribution in [2.24, 2.45) is 11.3 Å². The summed E-state index contributed by atoms with van der Waals surface area (Å²) in [6.45, 7) is 4.24. The average molecular weight is 385 g/mol. The fraction of sp³-hybridized carbons (Fsp3) is 0.435. The van der Waals surface area contributed by atoms with Gasteiger partial charge in [0.25, 0.3) is 0 Å². The van der Waals surface area contributed by atoms with Crippen LogP contribution in [-0.2, 0) is 4.79 Å². The number of halogens is 1. The number of hydrogen-bond acceptors (Lipinski definition) is 2. The largest absolute Gasteiger partial charge is 0.352 e. The van der Waals surface area contributed by atoms with E-state index in [-0.39, 0.29) is 41.6 Å². The summed E-state index contributed by atoms with van der Waals surface area (Å²) in [5, 5.41) is 6.76. The van der Waals surface area contributed by atoms with E-state index in [9.17, 15) is 4.79 Å². The molecule has 1 aliphatic carbocycles. The Morgan fingerprint density at radius 1 is 1.00 bits per heavy atom. The zero-order valence-corrected chi connectivity index (χ0v) is 16.7. The van der Waals surface area contributed by atoms with E-state index in [0.29, 0.717) is 0 Å². The highest BCUT2D eigenvalue weighted by Gasteiger charge is 2.57. The van der Waals surface area contributed by atoms with Gasteiger partial charge < -0.3 is 10.6 Å². The molecule has 0 bridgehead atoms. The summed E-state index contributed by atoms with van der Waals surface area (Å²) in [4.78, 5) is 12.9. The van der Waals surface area contributed by atoms with Gasteiger partial charge in [-0.2, -0.15) is 0 Å². The Labute approximate surface area is 168 Å². The van der Waals surface area contributed by atoms with Crippen molar-refractivity contribution < 1.29 is 4.79 Å². The first-order valence-electron chi connectivity index (χ1n) is 9.81. The van der Waals surface area contributed by atoms with Crippen molar-refractivity contribution in [3.63, 3.8) is 0 Å². The normalized spacial score (nSPS) is 21.3. The molecule has 2 fully saturated rings. The summed E-state index contributed by atoms with van der Waals surface area (Å²) in [6, 6.07) is 21.1. The molecule has 2 aromatic carbocycles. The third-order valence-electron chi connectivity index (χ3n) is 6.29. The SMILES string of the molecule is CC(NC(=O)C1CC12CCNCC2)C(c1ccccc1)c1ccccc1.Cl. The van der Waals surface area contributed by atoms with Crippen LogP contribution >= 0.6 is 12.4 Å². The number of piperidine rings is 1. The second-order valence-electron chi connectivity index (χ2n) is 7.97. The summed E-state index contributed by atoms with van der Waals surface area (Å²) in [7, 11) is 0. The van der Waals surface area contributed by atoms with Crippen LogP contribution in [0.4, 0.5) is 0 Å². The van der Waals surface area contributed by atoms with Gasteiger partial charge in [0.1, 0.15) is 0 Å². The van der Waals surface area contributed by atoms with Crippen LogP contribution < -0.4 is 10.6 Å². The fourth-order valence-corrected chi connectivity index (χ4v) is 4.69. The van der Waals surface area contributed by atoms with Gasteiger partial charge in [0.05, 0.1) is 0 Å². The molecule has 2 aromatic rings. The standard InChI is InChI=1S/C23H28N2O.ClH/c1-17(25-22(26)20-16-23(20)12-14-24-15-13-23)21(18-8-4-2-5-9-18)19-10-6-3-7-11-19;/h2-11,17,20-21,24H,12-16H2,1H3,(H,25,26);1H. The van der Waals surface area contributed by atoms with Crippen LogP contribution in [0.25, 0.3) is 0 Å². The molecule has 4 heteroatoms. The van der Waals surface area contributed by atoms with Gasteiger partial charge in [0.15, 0.2) is 0 Å². The summed E-state index contributed by atoms with van der Waals surface area (Å²) in [5.41, 5.74) is 2.78. The fourth-order valence-electron chi connectivity index (χ4n) is 4.69. The minimum absolute atomic E-state index is 0. The molecule has 1 saturated heterocycles. The van der Waals surface area contributed by atoms with Crippen LogP contribution in [0.2, 0.25) is 0 Å². The lowest BCUT2D eigenvalue weighted by atomic mass is 9.85. The van der Waals surface area contributed by atoms with Gasteiger partial charge in [-0.1, -0.05) is 60.7 Å². The Morgan fingerprint density at radius 3 is 2.04 bits per heavy atom. The van der Waals surface area contributed by atoms with E-state index in [1.165, 1.54) is 11.1 Å². The summed E-state index contributed by atoms with van der Waals surface area (Å²) < 4.78 is 0. The molecule has 2 atom stereocenters. The topological polar surface area (TPSA) is 41.1 Å². The van der Waals surface area contributed by atoms with E-state index >= 15 is 0 Å². The monoisotopic (exact) mass is 384 g/mol. The highest BCUT2D eigenvalue weighted by atomic mass is 35.5. The number of carbonyl (C=O) groups is 1. The molecule has 1 spiro atoms. The van der Waals surface area contributed by atoms with E-state index in [0.717, 1.165) is 32.4 Å². The molecule has 27 heavy (non-hydrogen) atoms. The lowest BCUT2D eigenvalue weighted by molar-refractivity contribution is -0.124. The minimum Gasteiger partial charge on any atom is -0.352 e. The molecule has 4 rings (SSSR count). The highest BCUT2D eigenvalue weighted by Crippen LogP contribution is 2.58. The second-order valence-corrected chi connectivity index (χ2v) is 7.97. The molecule has 1 amide bonds. The molecular weight excluding hydrogens is 356 g/mol. The summed E-state index contributed by atoms with van der Waals surface area (Å²) in [6.07, 6.45) is 3.34. The van der Waals surface area contributed by atoms with E-state index in [1.54, 1.807) is 0 Å². The number of benzene rings is 2. The Morgan fingerprint density at radius 2 is 1.52 bits per heavy atom. The maximum Gasteiger partial charge on any atom is 0.223 e. The Bertz CT molecular complexity index is 704. The zero-order valence-electron chi connectivity index (χ0n) is 15.9. The highest BCUT2D eigenvalue weighted by molar-refractivity contribution is 5.85. The number of amides is 1. The predicted octanol–water partition coefficient (Wildman–Crippen LogP) is 4.13. The van der Waals surface area contributed by atoms with Gasteiger partial charge in [0.2, 0.25) is 5.91 Å². The Hall–Kier alpha value is -1.84. The number of rotatable bonds is 5. The molecular formula is C23H29ClN2O. The number of hydrogen-bond donors (Lipinski definition) is 2. The maximum atomic E-state index is 12.9. The second kappa shape index (κ2) is 8.45. The van der Waals surface area contributed by atoms with Crippen molar-refractivity contribution in [1.82, 2.24) is 10.6 Å². The zero-order chi connectivity index (χ0) is 18.0. The third kappa shape index (κ3) is 4.20. The summed E-state index contributed by atoms with van der Waals surface area (Å²) in [5.74, 6) is 0.625. The molecule has 2 unspecified atom stereocenters. The molecule has 0 aromatic heterocycles. The van der Waals surface area contributed by atoms with Crippen LogP contribution in [0, 0.1) is 11.3 Å². The first kappa shape index (κ1) is 19.9. The smallest absolute Gasteiger partial charge is 0.223 e. The van der Waals surface area contributed by atoms with E-state index in [2.05, 4.69) is 66.1 Å².